The molecule has 7 aromatic carbocycles. The minimum atomic E-state index is 0.589. The number of nitrogens with zero attached hydrogens (tertiary/aromatic N) is 4. The number of hydrogen-bond donors (Lipinski definition) is 0. The maximum Gasteiger partial charge on any atom is 0.238 e. The number of para-hydroxylation sites is 1. The zero-order chi connectivity index (χ0) is 31.2. The summed E-state index contributed by atoms with van der Waals surface area (Å²) >= 11 is 0. The summed E-state index contributed by atoms with van der Waals surface area (Å²) in [6.07, 6.45) is 0. The van der Waals surface area contributed by atoms with Crippen molar-refractivity contribution in [3.63, 3.8) is 0 Å². The van der Waals surface area contributed by atoms with Gasteiger partial charge < -0.3 is 0 Å². The maximum absolute atomic E-state index is 5.16. The van der Waals surface area contributed by atoms with Crippen LogP contribution in [0.4, 0.5) is 0 Å². The Balaban J connectivity index is 1.26. The highest BCUT2D eigenvalue weighted by molar-refractivity contribution is 6.21. The molecule has 9 aromatic rings. The van der Waals surface area contributed by atoms with Gasteiger partial charge in [-0.2, -0.15) is 9.97 Å². The summed E-state index contributed by atoms with van der Waals surface area (Å²) in [4.78, 5) is 15.4. The first-order chi connectivity index (χ1) is 23.3. The third-order valence-corrected chi connectivity index (χ3v) is 8.89. The van der Waals surface area contributed by atoms with E-state index in [4.69, 9.17) is 15.0 Å². The molecule has 0 aliphatic carbocycles. The SMILES string of the molecule is c1ccc(-c2ccc(-c3nc(-c4ccc(-c5ccccc5)cc4)nc(-n4c5ccccc5c5c6ccccc6ccc54)n3)cc2)cc1. The van der Waals surface area contributed by atoms with Gasteiger partial charge in [-0.1, -0.05) is 158 Å². The monoisotopic (exact) mass is 600 g/mol. The van der Waals surface area contributed by atoms with Crippen LogP contribution in [-0.2, 0) is 0 Å². The van der Waals surface area contributed by atoms with Gasteiger partial charge in [0, 0.05) is 21.9 Å². The van der Waals surface area contributed by atoms with E-state index < -0.39 is 0 Å². The molecule has 2 aromatic heterocycles. The minimum absolute atomic E-state index is 0.589. The normalized spacial score (nSPS) is 11.4. The maximum atomic E-state index is 5.16. The van der Waals surface area contributed by atoms with Crippen LogP contribution in [0.15, 0.2) is 170 Å². The molecule has 0 unspecified atom stereocenters. The molecule has 9 rings (SSSR count). The molecule has 220 valence electrons. The van der Waals surface area contributed by atoms with Crippen LogP contribution in [0.3, 0.4) is 0 Å². The number of hydrogen-bond acceptors (Lipinski definition) is 3. The van der Waals surface area contributed by atoms with Crippen molar-refractivity contribution in [3.8, 4) is 51.0 Å². The van der Waals surface area contributed by atoms with Crippen LogP contribution in [0, 0.1) is 0 Å². The summed E-state index contributed by atoms with van der Waals surface area (Å²) in [7, 11) is 0. The standard InChI is InChI=1S/C43H28N4/c1-3-11-29(12-4-1)31-19-23-34(24-20-31)41-44-42(35-25-21-32(22-26-35)30-13-5-2-6-14-30)46-43(45-41)47-38-18-10-9-17-37(38)40-36-16-8-7-15-33(36)27-28-39(40)47/h1-28H. The molecular formula is C43H28N4. The van der Waals surface area contributed by atoms with Crippen molar-refractivity contribution >= 4 is 32.6 Å². The molecule has 0 amide bonds. The highest BCUT2D eigenvalue weighted by Gasteiger charge is 2.19. The largest absolute Gasteiger partial charge is 0.278 e. The fraction of sp³-hybridized carbons (Fsp3) is 0. The predicted octanol–water partition coefficient (Wildman–Crippen LogP) is 10.8. The minimum Gasteiger partial charge on any atom is -0.278 e. The van der Waals surface area contributed by atoms with E-state index in [1.54, 1.807) is 0 Å². The van der Waals surface area contributed by atoms with Gasteiger partial charge in [0.15, 0.2) is 11.6 Å². The highest BCUT2D eigenvalue weighted by Crippen LogP contribution is 2.37. The zero-order valence-corrected chi connectivity index (χ0v) is 25.5. The van der Waals surface area contributed by atoms with Gasteiger partial charge in [0.2, 0.25) is 5.95 Å². The molecule has 0 spiro atoms. The molecule has 0 fully saturated rings. The molecule has 0 radical (unpaired) electrons. The third kappa shape index (κ3) is 4.75. The fourth-order valence-electron chi connectivity index (χ4n) is 6.56. The molecule has 0 saturated heterocycles. The zero-order valence-electron chi connectivity index (χ0n) is 25.5. The Morgan fingerprint density at radius 2 is 0.787 bits per heavy atom. The van der Waals surface area contributed by atoms with Gasteiger partial charge in [-0.15, -0.1) is 0 Å². The van der Waals surface area contributed by atoms with E-state index in [1.807, 2.05) is 12.1 Å². The van der Waals surface area contributed by atoms with Gasteiger partial charge in [0.1, 0.15) is 0 Å². The quantitative estimate of drug-likeness (QED) is 0.197. The number of fused-ring (bicyclic) bond motifs is 5. The second kappa shape index (κ2) is 11.2. The van der Waals surface area contributed by atoms with E-state index in [9.17, 15) is 0 Å². The first-order valence-corrected chi connectivity index (χ1v) is 15.8. The van der Waals surface area contributed by atoms with Gasteiger partial charge in [0.05, 0.1) is 11.0 Å². The van der Waals surface area contributed by atoms with Crippen LogP contribution in [0.2, 0.25) is 0 Å². The molecule has 0 aliphatic rings. The second-order valence-corrected chi connectivity index (χ2v) is 11.7. The van der Waals surface area contributed by atoms with E-state index in [0.717, 1.165) is 33.3 Å². The summed E-state index contributed by atoms with van der Waals surface area (Å²) in [5.74, 6) is 1.85. The lowest BCUT2D eigenvalue weighted by molar-refractivity contribution is 0.953. The Morgan fingerprint density at radius 1 is 0.319 bits per heavy atom. The fourth-order valence-corrected chi connectivity index (χ4v) is 6.56. The Hall–Kier alpha value is -6.39. The van der Waals surface area contributed by atoms with Crippen LogP contribution in [0.1, 0.15) is 0 Å². The number of benzene rings is 7. The first-order valence-electron chi connectivity index (χ1n) is 15.8. The van der Waals surface area contributed by atoms with Crippen molar-refractivity contribution in [1.29, 1.82) is 0 Å². The average Bonchev–Trinajstić information content (AvgIpc) is 3.50. The van der Waals surface area contributed by atoms with Gasteiger partial charge in [0.25, 0.3) is 0 Å². The molecule has 2 heterocycles. The summed E-state index contributed by atoms with van der Waals surface area (Å²) in [6.45, 7) is 0. The number of rotatable bonds is 5. The predicted molar refractivity (Wildman–Crippen MR) is 193 cm³/mol. The first kappa shape index (κ1) is 27.0. The third-order valence-electron chi connectivity index (χ3n) is 8.89. The van der Waals surface area contributed by atoms with E-state index in [0.29, 0.717) is 17.6 Å². The second-order valence-electron chi connectivity index (χ2n) is 11.7. The Bertz CT molecular complexity index is 2430. The van der Waals surface area contributed by atoms with Gasteiger partial charge in [-0.25, -0.2) is 4.98 Å². The van der Waals surface area contributed by atoms with Crippen LogP contribution >= 0.6 is 0 Å². The van der Waals surface area contributed by atoms with Crippen molar-refractivity contribution in [2.75, 3.05) is 0 Å². The molecule has 0 atom stereocenters. The molecule has 47 heavy (non-hydrogen) atoms. The summed E-state index contributed by atoms with van der Waals surface area (Å²) in [5.41, 5.74) is 8.62. The van der Waals surface area contributed by atoms with Crippen LogP contribution in [-0.4, -0.2) is 19.5 Å². The average molecular weight is 601 g/mol. The van der Waals surface area contributed by atoms with Crippen molar-refractivity contribution in [2.24, 2.45) is 0 Å². The Morgan fingerprint density at radius 3 is 1.38 bits per heavy atom. The highest BCUT2D eigenvalue weighted by atomic mass is 15.2. The molecule has 4 heteroatoms. The smallest absolute Gasteiger partial charge is 0.238 e. The van der Waals surface area contributed by atoms with Gasteiger partial charge >= 0.3 is 0 Å². The lowest BCUT2D eigenvalue weighted by Gasteiger charge is -2.12. The van der Waals surface area contributed by atoms with Gasteiger partial charge in [-0.3, -0.25) is 4.57 Å². The molecule has 0 N–H and O–H groups in total. The van der Waals surface area contributed by atoms with E-state index in [1.165, 1.54) is 32.7 Å². The topological polar surface area (TPSA) is 43.6 Å². The van der Waals surface area contributed by atoms with Crippen LogP contribution in [0.25, 0.3) is 83.6 Å². The molecule has 0 aliphatic heterocycles. The molecule has 4 nitrogen and oxygen atoms in total. The summed E-state index contributed by atoms with van der Waals surface area (Å²) in [5, 5.41) is 4.78. The lowest BCUT2D eigenvalue weighted by Crippen LogP contribution is -2.06. The molecule has 0 bridgehead atoms. The van der Waals surface area contributed by atoms with Crippen LogP contribution in [0.5, 0.6) is 0 Å². The molecule has 0 saturated carbocycles. The van der Waals surface area contributed by atoms with E-state index in [-0.39, 0.29) is 0 Å². The number of aromatic nitrogens is 4. The Kier molecular flexibility index (Phi) is 6.43. The molecular weight excluding hydrogens is 573 g/mol. The summed E-state index contributed by atoms with van der Waals surface area (Å²) in [6, 6.07) is 59.2. The van der Waals surface area contributed by atoms with E-state index >= 15 is 0 Å². The summed E-state index contributed by atoms with van der Waals surface area (Å²) < 4.78 is 2.18. The van der Waals surface area contributed by atoms with Crippen molar-refractivity contribution in [3.05, 3.63) is 170 Å². The van der Waals surface area contributed by atoms with Gasteiger partial charge in [-0.05, 0) is 45.2 Å². The lowest BCUT2D eigenvalue weighted by atomic mass is 10.0. The Labute approximate surface area is 272 Å². The van der Waals surface area contributed by atoms with Crippen molar-refractivity contribution < 1.29 is 0 Å². The van der Waals surface area contributed by atoms with Crippen molar-refractivity contribution in [1.82, 2.24) is 19.5 Å². The van der Waals surface area contributed by atoms with Crippen molar-refractivity contribution in [2.45, 2.75) is 0 Å². The van der Waals surface area contributed by atoms with E-state index in [2.05, 4.69) is 162 Å². The van der Waals surface area contributed by atoms with Crippen LogP contribution < -0.4 is 0 Å².